The lowest BCUT2D eigenvalue weighted by molar-refractivity contribution is -0.137. The van der Waals surface area contributed by atoms with Crippen molar-refractivity contribution in [1.82, 2.24) is 9.62 Å². The van der Waals surface area contributed by atoms with Gasteiger partial charge in [0.1, 0.15) is 6.04 Å². The van der Waals surface area contributed by atoms with Crippen molar-refractivity contribution in [3.8, 4) is 6.07 Å². The molecule has 1 amide bonds. The fourth-order valence-corrected chi connectivity index (χ4v) is 4.05. The zero-order valence-corrected chi connectivity index (χ0v) is 15.4. The molecule has 140 valence electrons. The normalized spacial score (nSPS) is 15.7. The molecule has 0 radical (unpaired) electrons. The minimum absolute atomic E-state index is 0.0581. The van der Waals surface area contributed by atoms with E-state index >= 15 is 0 Å². The summed E-state index contributed by atoms with van der Waals surface area (Å²) in [6.45, 7) is 1.66. The molecular formula is C19H19N3O4S. The molecule has 1 heterocycles. The molecule has 0 bridgehead atoms. The molecule has 1 atom stereocenters. The van der Waals surface area contributed by atoms with Gasteiger partial charge in [-0.1, -0.05) is 36.4 Å². The Balaban J connectivity index is 1.93. The average molecular weight is 385 g/mol. The summed E-state index contributed by atoms with van der Waals surface area (Å²) in [6, 6.07) is 15.3. The van der Waals surface area contributed by atoms with Crippen LogP contribution in [0.15, 0.2) is 59.5 Å². The van der Waals surface area contributed by atoms with Crippen LogP contribution in [0.2, 0.25) is 0 Å². The quantitative estimate of drug-likeness (QED) is 0.839. The van der Waals surface area contributed by atoms with Crippen LogP contribution in [0.25, 0.3) is 0 Å². The SMILES string of the molecule is N#Cc1cccc(S(=O)(=O)N[C@@H](C(=O)N2CCOCC2)c2ccccc2)c1. The zero-order valence-electron chi connectivity index (χ0n) is 14.5. The number of benzene rings is 2. The number of nitriles is 1. The second-order valence-electron chi connectivity index (χ2n) is 6.04. The van der Waals surface area contributed by atoms with Crippen LogP contribution in [0.4, 0.5) is 0 Å². The molecule has 2 aromatic carbocycles. The van der Waals surface area contributed by atoms with Crippen molar-refractivity contribution in [2.45, 2.75) is 10.9 Å². The predicted molar refractivity (Wildman–Crippen MR) is 98.1 cm³/mol. The first-order valence-electron chi connectivity index (χ1n) is 8.45. The number of ether oxygens (including phenoxy) is 1. The van der Waals surface area contributed by atoms with Gasteiger partial charge in [0.25, 0.3) is 0 Å². The minimum Gasteiger partial charge on any atom is -0.378 e. The summed E-state index contributed by atoms with van der Waals surface area (Å²) < 4.78 is 33.5. The molecule has 0 aliphatic carbocycles. The second kappa shape index (κ2) is 8.31. The number of sulfonamides is 1. The minimum atomic E-state index is -4.00. The lowest BCUT2D eigenvalue weighted by Gasteiger charge is -2.30. The third-order valence-corrected chi connectivity index (χ3v) is 5.67. The molecule has 0 spiro atoms. The van der Waals surface area contributed by atoms with Crippen LogP contribution in [0.1, 0.15) is 17.2 Å². The highest BCUT2D eigenvalue weighted by Gasteiger charge is 2.31. The summed E-state index contributed by atoms with van der Waals surface area (Å²) in [7, 11) is -4.00. The largest absolute Gasteiger partial charge is 0.378 e. The van der Waals surface area contributed by atoms with Crippen molar-refractivity contribution in [2.75, 3.05) is 26.3 Å². The highest BCUT2D eigenvalue weighted by atomic mass is 32.2. The van der Waals surface area contributed by atoms with Gasteiger partial charge in [-0.3, -0.25) is 4.79 Å². The molecule has 1 aliphatic rings. The summed E-state index contributed by atoms with van der Waals surface area (Å²) >= 11 is 0. The number of nitrogens with zero attached hydrogens (tertiary/aromatic N) is 2. The first kappa shape index (κ1) is 19.0. The molecule has 0 unspecified atom stereocenters. The van der Waals surface area contributed by atoms with Crippen molar-refractivity contribution in [3.05, 3.63) is 65.7 Å². The number of amides is 1. The Hall–Kier alpha value is -2.73. The van der Waals surface area contributed by atoms with Crippen LogP contribution < -0.4 is 4.72 Å². The fraction of sp³-hybridized carbons (Fsp3) is 0.263. The summed E-state index contributed by atoms with van der Waals surface area (Å²) in [4.78, 5) is 14.6. The molecule has 1 aliphatic heterocycles. The van der Waals surface area contributed by atoms with Gasteiger partial charge >= 0.3 is 0 Å². The van der Waals surface area contributed by atoms with Crippen molar-refractivity contribution in [2.24, 2.45) is 0 Å². The van der Waals surface area contributed by atoms with Crippen molar-refractivity contribution in [1.29, 1.82) is 5.26 Å². The summed E-state index contributed by atoms with van der Waals surface area (Å²) in [5.74, 6) is -0.329. The van der Waals surface area contributed by atoms with Crippen LogP contribution in [0.5, 0.6) is 0 Å². The van der Waals surface area contributed by atoms with Gasteiger partial charge in [-0.25, -0.2) is 8.42 Å². The van der Waals surface area contributed by atoms with E-state index in [0.717, 1.165) is 0 Å². The predicted octanol–water partition coefficient (Wildman–Crippen LogP) is 1.44. The van der Waals surface area contributed by atoms with E-state index in [9.17, 15) is 13.2 Å². The Morgan fingerprint density at radius 1 is 1.11 bits per heavy atom. The highest BCUT2D eigenvalue weighted by molar-refractivity contribution is 7.89. The van der Waals surface area contributed by atoms with Gasteiger partial charge in [0.15, 0.2) is 0 Å². The Kier molecular flexibility index (Phi) is 5.86. The topological polar surface area (TPSA) is 99.5 Å². The van der Waals surface area contributed by atoms with E-state index < -0.39 is 16.1 Å². The monoisotopic (exact) mass is 385 g/mol. The Morgan fingerprint density at radius 3 is 2.48 bits per heavy atom. The van der Waals surface area contributed by atoms with E-state index in [1.54, 1.807) is 35.2 Å². The third-order valence-electron chi connectivity index (χ3n) is 4.25. The van der Waals surface area contributed by atoms with Crippen LogP contribution in [-0.4, -0.2) is 45.5 Å². The summed E-state index contributed by atoms with van der Waals surface area (Å²) in [5, 5.41) is 9.01. The Bertz CT molecular complexity index is 948. The number of rotatable bonds is 5. The number of carbonyl (C=O) groups is 1. The van der Waals surface area contributed by atoms with Gasteiger partial charge in [-0.05, 0) is 23.8 Å². The zero-order chi connectivity index (χ0) is 19.3. The maximum atomic E-state index is 13.0. The second-order valence-corrected chi connectivity index (χ2v) is 7.76. The molecule has 0 aromatic heterocycles. The maximum absolute atomic E-state index is 13.0. The molecule has 1 N–H and O–H groups in total. The van der Waals surface area contributed by atoms with Gasteiger partial charge < -0.3 is 9.64 Å². The molecular weight excluding hydrogens is 366 g/mol. The number of hydrogen-bond acceptors (Lipinski definition) is 5. The Labute approximate surface area is 158 Å². The van der Waals surface area contributed by atoms with Crippen molar-refractivity contribution >= 4 is 15.9 Å². The van der Waals surface area contributed by atoms with E-state index in [1.165, 1.54) is 24.3 Å². The molecule has 0 saturated carbocycles. The van der Waals surface area contributed by atoms with Crippen molar-refractivity contribution < 1.29 is 17.9 Å². The van der Waals surface area contributed by atoms with Crippen LogP contribution in [0, 0.1) is 11.3 Å². The molecule has 7 nitrogen and oxygen atoms in total. The van der Waals surface area contributed by atoms with Crippen LogP contribution in [0.3, 0.4) is 0 Å². The van der Waals surface area contributed by atoms with Crippen molar-refractivity contribution in [3.63, 3.8) is 0 Å². The van der Waals surface area contributed by atoms with Gasteiger partial charge in [-0.15, -0.1) is 0 Å². The van der Waals surface area contributed by atoms with Crippen LogP contribution >= 0.6 is 0 Å². The number of nitrogens with one attached hydrogen (secondary N) is 1. The van der Waals surface area contributed by atoms with E-state index in [4.69, 9.17) is 10.00 Å². The summed E-state index contributed by atoms with van der Waals surface area (Å²) in [5.41, 5.74) is 0.780. The molecule has 1 saturated heterocycles. The molecule has 2 aromatic rings. The van der Waals surface area contributed by atoms with E-state index in [-0.39, 0.29) is 16.4 Å². The first-order chi connectivity index (χ1) is 13.0. The first-order valence-corrected chi connectivity index (χ1v) is 9.93. The van der Waals surface area contributed by atoms with Gasteiger partial charge in [0.05, 0.1) is 29.7 Å². The number of hydrogen-bond donors (Lipinski definition) is 1. The maximum Gasteiger partial charge on any atom is 0.245 e. The Morgan fingerprint density at radius 2 is 1.81 bits per heavy atom. The molecule has 3 rings (SSSR count). The van der Waals surface area contributed by atoms with E-state index in [0.29, 0.717) is 31.9 Å². The third kappa shape index (κ3) is 4.52. The number of morpholine rings is 1. The van der Waals surface area contributed by atoms with Gasteiger partial charge in [0.2, 0.25) is 15.9 Å². The highest BCUT2D eigenvalue weighted by Crippen LogP contribution is 2.21. The molecule has 27 heavy (non-hydrogen) atoms. The van der Waals surface area contributed by atoms with E-state index in [2.05, 4.69) is 4.72 Å². The molecule has 1 fully saturated rings. The lowest BCUT2D eigenvalue weighted by Crippen LogP contribution is -2.47. The van der Waals surface area contributed by atoms with Gasteiger partial charge in [-0.2, -0.15) is 9.98 Å². The summed E-state index contributed by atoms with van der Waals surface area (Å²) in [6.07, 6.45) is 0. The average Bonchev–Trinajstić information content (AvgIpc) is 2.73. The van der Waals surface area contributed by atoms with Gasteiger partial charge in [0, 0.05) is 13.1 Å². The van der Waals surface area contributed by atoms with E-state index in [1.807, 2.05) is 6.07 Å². The van der Waals surface area contributed by atoms with Crippen LogP contribution in [-0.2, 0) is 19.6 Å². The number of carbonyl (C=O) groups excluding carboxylic acids is 1. The lowest BCUT2D eigenvalue weighted by atomic mass is 10.1. The fourth-order valence-electron chi connectivity index (χ4n) is 2.83. The molecule has 8 heteroatoms. The smallest absolute Gasteiger partial charge is 0.245 e. The standard InChI is InChI=1S/C19H19N3O4S/c20-14-15-5-4-8-17(13-15)27(24,25)21-18(16-6-2-1-3-7-16)19(23)22-9-11-26-12-10-22/h1-8,13,18,21H,9-12H2/t18-/m1/s1.